The first-order valence-electron chi connectivity index (χ1n) is 5.44. The number of hydrogen-bond acceptors (Lipinski definition) is 2. The van der Waals surface area contributed by atoms with E-state index in [1.165, 1.54) is 11.8 Å². The molecule has 0 radical (unpaired) electrons. The summed E-state index contributed by atoms with van der Waals surface area (Å²) in [5.41, 5.74) is 1.16. The lowest BCUT2D eigenvalue weighted by Crippen LogP contribution is -2.37. The molecule has 1 N–H and O–H groups in total. The van der Waals surface area contributed by atoms with Gasteiger partial charge in [-0.05, 0) is 30.7 Å². The Morgan fingerprint density at radius 3 is 2.88 bits per heavy atom. The van der Waals surface area contributed by atoms with Crippen molar-refractivity contribution in [1.29, 1.82) is 0 Å². The molecule has 16 heavy (non-hydrogen) atoms. The minimum absolute atomic E-state index is 0.0708. The van der Waals surface area contributed by atoms with Gasteiger partial charge in [-0.2, -0.15) is 0 Å². The zero-order valence-corrected chi connectivity index (χ0v) is 9.94. The van der Waals surface area contributed by atoms with Crippen LogP contribution in [-0.4, -0.2) is 18.2 Å². The van der Waals surface area contributed by atoms with Crippen LogP contribution < -0.4 is 5.32 Å². The van der Waals surface area contributed by atoms with Gasteiger partial charge in [-0.1, -0.05) is 18.2 Å². The molecule has 2 atom stereocenters. The van der Waals surface area contributed by atoms with Crippen LogP contribution in [0, 0.1) is 0 Å². The first-order valence-corrected chi connectivity index (χ1v) is 6.43. The van der Waals surface area contributed by atoms with Crippen molar-refractivity contribution in [2.24, 2.45) is 0 Å². The normalized spacial score (nSPS) is 21.9. The summed E-state index contributed by atoms with van der Waals surface area (Å²) in [6.07, 6.45) is -1.39. The molecule has 0 spiro atoms. The van der Waals surface area contributed by atoms with Gasteiger partial charge in [-0.3, -0.25) is 0 Å². The summed E-state index contributed by atoms with van der Waals surface area (Å²) in [6.45, 7) is 1.54. The van der Waals surface area contributed by atoms with Crippen LogP contribution in [0.4, 0.5) is 8.78 Å². The highest BCUT2D eigenvalue weighted by molar-refractivity contribution is 7.99. The van der Waals surface area contributed by atoms with E-state index >= 15 is 0 Å². The lowest BCUT2D eigenvalue weighted by molar-refractivity contribution is 0.0992. The monoisotopic (exact) mass is 243 g/mol. The molecule has 1 aliphatic heterocycles. The van der Waals surface area contributed by atoms with Gasteiger partial charge in [0.1, 0.15) is 0 Å². The number of halogens is 2. The van der Waals surface area contributed by atoms with E-state index in [1.54, 1.807) is 11.8 Å². The average Bonchev–Trinajstić information content (AvgIpc) is 2.29. The number of nitrogens with one attached hydrogen (secondary N) is 1. The standard InChI is InChI=1S/C12H15F2NS/c1-8(12(13)14)15-10-6-7-16-11-5-3-2-4-9(10)11/h2-5,8,10,12,15H,6-7H2,1H3. The van der Waals surface area contributed by atoms with Gasteiger partial charge >= 0.3 is 0 Å². The number of benzene rings is 1. The van der Waals surface area contributed by atoms with Gasteiger partial charge in [0.15, 0.2) is 0 Å². The van der Waals surface area contributed by atoms with Gasteiger partial charge in [0.25, 0.3) is 6.43 Å². The molecule has 1 heterocycles. The van der Waals surface area contributed by atoms with Gasteiger partial charge in [-0.15, -0.1) is 11.8 Å². The molecule has 0 aliphatic carbocycles. The summed E-state index contributed by atoms with van der Waals surface area (Å²) in [6, 6.07) is 7.36. The Balaban J connectivity index is 2.13. The van der Waals surface area contributed by atoms with Gasteiger partial charge in [0, 0.05) is 10.9 Å². The molecule has 1 nitrogen and oxygen atoms in total. The van der Waals surface area contributed by atoms with Gasteiger partial charge in [0.05, 0.1) is 6.04 Å². The summed E-state index contributed by atoms with van der Waals surface area (Å²) in [5, 5.41) is 3.01. The SMILES string of the molecule is CC(NC1CCSc2ccccc21)C(F)F. The third kappa shape index (κ3) is 2.55. The van der Waals surface area contributed by atoms with Crippen LogP contribution in [0.5, 0.6) is 0 Å². The van der Waals surface area contributed by atoms with Crippen LogP contribution in [-0.2, 0) is 0 Å². The highest BCUT2D eigenvalue weighted by Crippen LogP contribution is 2.36. The second kappa shape index (κ2) is 5.15. The molecule has 2 rings (SSSR count). The molecule has 1 aromatic carbocycles. The van der Waals surface area contributed by atoms with Crippen molar-refractivity contribution in [3.63, 3.8) is 0 Å². The van der Waals surface area contributed by atoms with Crippen LogP contribution >= 0.6 is 11.8 Å². The van der Waals surface area contributed by atoms with Crippen molar-refractivity contribution >= 4 is 11.8 Å². The Morgan fingerprint density at radius 1 is 1.38 bits per heavy atom. The Labute approximate surface area is 98.6 Å². The van der Waals surface area contributed by atoms with E-state index in [9.17, 15) is 8.78 Å². The minimum atomic E-state index is -2.30. The average molecular weight is 243 g/mol. The summed E-state index contributed by atoms with van der Waals surface area (Å²) >= 11 is 1.80. The zero-order valence-electron chi connectivity index (χ0n) is 9.12. The summed E-state index contributed by atoms with van der Waals surface area (Å²) in [4.78, 5) is 1.22. The summed E-state index contributed by atoms with van der Waals surface area (Å²) in [7, 11) is 0. The van der Waals surface area contributed by atoms with Gasteiger partial charge in [-0.25, -0.2) is 8.78 Å². The molecule has 1 aliphatic rings. The second-order valence-corrected chi connectivity index (χ2v) is 5.15. The first kappa shape index (κ1) is 11.9. The second-order valence-electron chi connectivity index (χ2n) is 4.02. The van der Waals surface area contributed by atoms with Crippen molar-refractivity contribution in [1.82, 2.24) is 5.32 Å². The Bertz CT molecular complexity index is 357. The van der Waals surface area contributed by atoms with Crippen molar-refractivity contribution in [3.05, 3.63) is 29.8 Å². The van der Waals surface area contributed by atoms with Crippen molar-refractivity contribution in [2.45, 2.75) is 36.7 Å². The van der Waals surface area contributed by atoms with Crippen molar-refractivity contribution in [3.8, 4) is 0 Å². The molecule has 0 saturated heterocycles. The molecule has 2 unspecified atom stereocenters. The number of alkyl halides is 2. The Hall–Kier alpha value is -0.610. The zero-order chi connectivity index (χ0) is 11.5. The number of hydrogen-bond donors (Lipinski definition) is 1. The number of rotatable bonds is 3. The van der Waals surface area contributed by atoms with Crippen LogP contribution in [0.25, 0.3) is 0 Å². The van der Waals surface area contributed by atoms with Crippen LogP contribution in [0.1, 0.15) is 24.9 Å². The fourth-order valence-electron chi connectivity index (χ4n) is 1.91. The smallest absolute Gasteiger partial charge is 0.253 e. The highest BCUT2D eigenvalue weighted by atomic mass is 32.2. The van der Waals surface area contributed by atoms with E-state index in [-0.39, 0.29) is 6.04 Å². The van der Waals surface area contributed by atoms with Crippen LogP contribution in [0.2, 0.25) is 0 Å². The number of thioether (sulfide) groups is 1. The topological polar surface area (TPSA) is 12.0 Å². The van der Waals surface area contributed by atoms with E-state index in [1.807, 2.05) is 18.2 Å². The van der Waals surface area contributed by atoms with E-state index in [2.05, 4.69) is 11.4 Å². The van der Waals surface area contributed by atoms with Gasteiger partial charge < -0.3 is 5.32 Å². The lowest BCUT2D eigenvalue weighted by atomic mass is 10.0. The molecule has 0 aromatic heterocycles. The molecular formula is C12H15F2NS. The third-order valence-corrected chi connectivity index (χ3v) is 3.92. The molecular weight excluding hydrogens is 228 g/mol. The maximum atomic E-state index is 12.5. The first-order chi connectivity index (χ1) is 7.68. The highest BCUT2D eigenvalue weighted by Gasteiger charge is 2.24. The quantitative estimate of drug-likeness (QED) is 0.872. The van der Waals surface area contributed by atoms with E-state index in [4.69, 9.17) is 0 Å². The van der Waals surface area contributed by atoms with Crippen molar-refractivity contribution in [2.75, 3.05) is 5.75 Å². The number of fused-ring (bicyclic) bond motifs is 1. The Morgan fingerprint density at radius 2 is 2.12 bits per heavy atom. The molecule has 88 valence electrons. The van der Waals surface area contributed by atoms with Crippen molar-refractivity contribution < 1.29 is 8.78 Å². The van der Waals surface area contributed by atoms with E-state index in [0.717, 1.165) is 17.7 Å². The minimum Gasteiger partial charge on any atom is -0.302 e. The maximum absolute atomic E-state index is 12.5. The predicted octanol–water partition coefficient (Wildman–Crippen LogP) is 3.47. The predicted molar refractivity (Wildman–Crippen MR) is 63.1 cm³/mol. The van der Waals surface area contributed by atoms with E-state index in [0.29, 0.717) is 0 Å². The molecule has 0 fully saturated rings. The van der Waals surface area contributed by atoms with E-state index < -0.39 is 12.5 Å². The van der Waals surface area contributed by atoms with Crippen LogP contribution in [0.15, 0.2) is 29.2 Å². The fourth-order valence-corrected chi connectivity index (χ4v) is 3.03. The van der Waals surface area contributed by atoms with Gasteiger partial charge in [0.2, 0.25) is 0 Å². The summed E-state index contributed by atoms with van der Waals surface area (Å²) in [5.74, 6) is 0.991. The third-order valence-electron chi connectivity index (χ3n) is 2.80. The largest absolute Gasteiger partial charge is 0.302 e. The fraction of sp³-hybridized carbons (Fsp3) is 0.500. The Kier molecular flexibility index (Phi) is 3.82. The molecule has 1 aromatic rings. The van der Waals surface area contributed by atoms with Crippen LogP contribution in [0.3, 0.4) is 0 Å². The molecule has 0 bridgehead atoms. The molecule has 0 amide bonds. The molecule has 4 heteroatoms. The molecule has 0 saturated carbocycles. The maximum Gasteiger partial charge on any atom is 0.253 e. The summed E-state index contributed by atoms with van der Waals surface area (Å²) < 4.78 is 25.0. The lowest BCUT2D eigenvalue weighted by Gasteiger charge is -2.28.